The van der Waals surface area contributed by atoms with Gasteiger partial charge in [0.15, 0.2) is 6.61 Å². The number of carbonyl (C=O) groups is 2. The number of hydrogen-bond donors (Lipinski definition) is 1. The minimum absolute atomic E-state index is 0.152. The number of nitrogens with zero attached hydrogens (tertiary/aromatic N) is 1. The molecule has 0 unspecified atom stereocenters. The molecular weight excluding hydrogens is 331 g/mol. The molecule has 1 saturated carbocycles. The third-order valence-corrected chi connectivity index (χ3v) is 4.82. The number of halogens is 1. The van der Waals surface area contributed by atoms with Crippen molar-refractivity contribution in [2.45, 2.75) is 42.5 Å². The van der Waals surface area contributed by atoms with Crippen molar-refractivity contribution in [2.24, 2.45) is 0 Å². The second-order valence-electron chi connectivity index (χ2n) is 5.66. The van der Waals surface area contributed by atoms with Gasteiger partial charge in [-0.1, -0.05) is 0 Å². The Morgan fingerprint density at radius 3 is 2.58 bits per heavy atom. The van der Waals surface area contributed by atoms with Crippen LogP contribution in [0.3, 0.4) is 0 Å². The molecular formula is C17H19FN2O3S. The van der Waals surface area contributed by atoms with Crippen LogP contribution in [0.1, 0.15) is 32.1 Å². The number of thioether (sulfide) groups is 1. The minimum atomic E-state index is -0.804. The van der Waals surface area contributed by atoms with Gasteiger partial charge in [0.05, 0.1) is 12.5 Å². The van der Waals surface area contributed by atoms with Crippen LogP contribution in [0.4, 0.5) is 4.39 Å². The van der Waals surface area contributed by atoms with E-state index in [1.54, 1.807) is 12.1 Å². The smallest absolute Gasteiger partial charge is 0.307 e. The standard InChI is InChI=1S/C17H19FN2O3S/c18-13-3-5-14(6-4-13)24-10-7-16(22)23-11-15(21)20-17(12-19)8-1-2-9-17/h3-6H,1-2,7-11H2,(H,20,21). The lowest BCUT2D eigenvalue weighted by Crippen LogP contribution is -2.46. The number of benzene rings is 1. The lowest BCUT2D eigenvalue weighted by atomic mass is 10.00. The van der Waals surface area contributed by atoms with Crippen LogP contribution >= 0.6 is 11.8 Å². The van der Waals surface area contributed by atoms with Crippen LogP contribution in [0.2, 0.25) is 0 Å². The first-order valence-electron chi connectivity index (χ1n) is 7.79. The molecule has 1 fully saturated rings. The average molecular weight is 350 g/mol. The Bertz CT molecular complexity index is 622. The summed E-state index contributed by atoms with van der Waals surface area (Å²) < 4.78 is 17.7. The minimum Gasteiger partial charge on any atom is -0.456 e. The van der Waals surface area contributed by atoms with Gasteiger partial charge < -0.3 is 10.1 Å². The molecule has 128 valence electrons. The molecule has 0 saturated heterocycles. The molecule has 24 heavy (non-hydrogen) atoms. The number of rotatable bonds is 7. The number of esters is 1. The van der Waals surface area contributed by atoms with Gasteiger partial charge in [0, 0.05) is 10.6 Å². The molecule has 1 aliphatic carbocycles. The molecule has 1 aliphatic rings. The maximum atomic E-state index is 12.8. The predicted octanol–water partition coefficient (Wildman–Crippen LogP) is 2.80. The SMILES string of the molecule is N#CC1(NC(=O)COC(=O)CCSc2ccc(F)cc2)CCCC1. The molecule has 0 heterocycles. The van der Waals surface area contributed by atoms with Gasteiger partial charge in [0.2, 0.25) is 0 Å². The Kier molecular flexibility index (Phi) is 6.62. The monoisotopic (exact) mass is 350 g/mol. The Balaban J connectivity index is 1.64. The Labute approximate surface area is 144 Å². The van der Waals surface area contributed by atoms with E-state index in [1.807, 2.05) is 0 Å². The number of hydrogen-bond acceptors (Lipinski definition) is 5. The van der Waals surface area contributed by atoms with Crippen molar-refractivity contribution in [2.75, 3.05) is 12.4 Å². The van der Waals surface area contributed by atoms with Crippen molar-refractivity contribution in [3.8, 4) is 6.07 Å². The highest BCUT2D eigenvalue weighted by atomic mass is 32.2. The van der Waals surface area contributed by atoms with Crippen molar-refractivity contribution < 1.29 is 18.7 Å². The van der Waals surface area contributed by atoms with Crippen LogP contribution in [0.15, 0.2) is 29.2 Å². The van der Waals surface area contributed by atoms with Crippen LogP contribution in [0.25, 0.3) is 0 Å². The lowest BCUT2D eigenvalue weighted by molar-refractivity contribution is -0.148. The second-order valence-corrected chi connectivity index (χ2v) is 6.83. The number of carbonyl (C=O) groups excluding carboxylic acids is 2. The Morgan fingerprint density at radius 1 is 1.29 bits per heavy atom. The maximum absolute atomic E-state index is 12.8. The van der Waals surface area contributed by atoms with Crippen molar-refractivity contribution >= 4 is 23.6 Å². The van der Waals surface area contributed by atoms with E-state index in [2.05, 4.69) is 11.4 Å². The van der Waals surface area contributed by atoms with Crippen molar-refractivity contribution in [1.29, 1.82) is 5.26 Å². The molecule has 5 nitrogen and oxygen atoms in total. The highest BCUT2D eigenvalue weighted by Gasteiger charge is 2.35. The van der Waals surface area contributed by atoms with Gasteiger partial charge in [0.25, 0.3) is 5.91 Å². The number of ether oxygens (including phenoxy) is 1. The first-order valence-corrected chi connectivity index (χ1v) is 8.78. The van der Waals surface area contributed by atoms with Crippen LogP contribution in [0, 0.1) is 17.1 Å². The van der Waals surface area contributed by atoms with Crippen LogP contribution < -0.4 is 5.32 Å². The van der Waals surface area contributed by atoms with Crippen molar-refractivity contribution in [1.82, 2.24) is 5.32 Å². The first-order chi connectivity index (χ1) is 11.5. The summed E-state index contributed by atoms with van der Waals surface area (Å²) in [7, 11) is 0. The van der Waals surface area contributed by atoms with Gasteiger partial charge in [-0.3, -0.25) is 9.59 Å². The molecule has 0 atom stereocenters. The van der Waals surface area contributed by atoms with Gasteiger partial charge in [-0.05, 0) is 49.9 Å². The molecule has 0 bridgehead atoms. The zero-order chi connectivity index (χ0) is 17.4. The van der Waals surface area contributed by atoms with E-state index < -0.39 is 17.4 Å². The maximum Gasteiger partial charge on any atom is 0.307 e. The van der Waals surface area contributed by atoms with Gasteiger partial charge >= 0.3 is 5.97 Å². The summed E-state index contributed by atoms with van der Waals surface area (Å²) in [4.78, 5) is 24.3. The van der Waals surface area contributed by atoms with E-state index in [9.17, 15) is 19.2 Å². The van der Waals surface area contributed by atoms with Gasteiger partial charge in [-0.2, -0.15) is 5.26 Å². The molecule has 0 spiro atoms. The number of nitriles is 1. The van der Waals surface area contributed by atoms with Crippen molar-refractivity contribution in [3.63, 3.8) is 0 Å². The summed E-state index contributed by atoms with van der Waals surface area (Å²) in [6.07, 6.45) is 3.25. The average Bonchev–Trinajstić information content (AvgIpc) is 3.04. The summed E-state index contributed by atoms with van der Waals surface area (Å²) in [6, 6.07) is 8.15. The molecule has 0 aromatic heterocycles. The van der Waals surface area contributed by atoms with E-state index in [-0.39, 0.29) is 18.8 Å². The zero-order valence-corrected chi connectivity index (χ0v) is 14.0. The highest BCUT2D eigenvalue weighted by molar-refractivity contribution is 7.99. The first kappa shape index (κ1) is 18.3. The topological polar surface area (TPSA) is 79.2 Å². The second kappa shape index (κ2) is 8.69. The third-order valence-electron chi connectivity index (χ3n) is 3.80. The summed E-state index contributed by atoms with van der Waals surface area (Å²) >= 11 is 1.41. The quantitative estimate of drug-likeness (QED) is 0.604. The molecule has 1 aromatic carbocycles. The molecule has 2 rings (SSSR count). The zero-order valence-electron chi connectivity index (χ0n) is 13.2. The van der Waals surface area contributed by atoms with Crippen LogP contribution in [0.5, 0.6) is 0 Å². The number of nitrogens with one attached hydrogen (secondary N) is 1. The molecule has 7 heteroatoms. The fourth-order valence-corrected chi connectivity index (χ4v) is 3.38. The molecule has 0 radical (unpaired) electrons. The normalized spacial score (nSPS) is 15.5. The molecule has 0 aliphatic heterocycles. The van der Waals surface area contributed by atoms with E-state index in [1.165, 1.54) is 23.9 Å². The highest BCUT2D eigenvalue weighted by Crippen LogP contribution is 2.28. The lowest BCUT2D eigenvalue weighted by Gasteiger charge is -2.21. The van der Waals surface area contributed by atoms with E-state index in [0.29, 0.717) is 18.6 Å². The van der Waals surface area contributed by atoms with E-state index in [4.69, 9.17) is 4.74 Å². The summed E-state index contributed by atoms with van der Waals surface area (Å²) in [5.41, 5.74) is -0.804. The van der Waals surface area contributed by atoms with E-state index >= 15 is 0 Å². The third kappa shape index (κ3) is 5.53. The van der Waals surface area contributed by atoms with Gasteiger partial charge in [-0.25, -0.2) is 4.39 Å². The fraction of sp³-hybridized carbons (Fsp3) is 0.471. The molecule has 1 amide bonds. The fourth-order valence-electron chi connectivity index (χ4n) is 2.55. The largest absolute Gasteiger partial charge is 0.456 e. The van der Waals surface area contributed by atoms with Gasteiger partial charge in [-0.15, -0.1) is 11.8 Å². The van der Waals surface area contributed by atoms with Gasteiger partial charge in [0.1, 0.15) is 11.4 Å². The van der Waals surface area contributed by atoms with Crippen molar-refractivity contribution in [3.05, 3.63) is 30.1 Å². The predicted molar refractivity (Wildman–Crippen MR) is 87.7 cm³/mol. The Hall–Kier alpha value is -2.07. The van der Waals surface area contributed by atoms with Crippen LogP contribution in [-0.4, -0.2) is 29.8 Å². The molecule has 1 aromatic rings. The summed E-state index contributed by atoms with van der Waals surface area (Å²) in [5.74, 6) is -0.744. The summed E-state index contributed by atoms with van der Waals surface area (Å²) in [6.45, 7) is -0.372. The Morgan fingerprint density at radius 2 is 1.96 bits per heavy atom. The molecule has 1 N–H and O–H groups in total. The summed E-state index contributed by atoms with van der Waals surface area (Å²) in [5, 5.41) is 11.9. The number of amides is 1. The van der Waals surface area contributed by atoms with E-state index in [0.717, 1.165) is 17.7 Å². The van der Waals surface area contributed by atoms with Crippen LogP contribution in [-0.2, 0) is 14.3 Å².